The fraction of sp³-hybridized carbons (Fsp3) is 0.300. The van der Waals surface area contributed by atoms with Crippen LogP contribution < -0.4 is 11.2 Å². The highest BCUT2D eigenvalue weighted by atomic mass is 16.7. The third-order valence-corrected chi connectivity index (χ3v) is 2.38. The van der Waals surface area contributed by atoms with Crippen molar-refractivity contribution in [2.24, 2.45) is 5.73 Å². The third kappa shape index (κ3) is 1.62. The highest BCUT2D eigenvalue weighted by Crippen LogP contribution is 2.22. The molecule has 1 amide bonds. The van der Waals surface area contributed by atoms with Gasteiger partial charge in [-0.2, -0.15) is 0 Å². The predicted octanol–water partition coefficient (Wildman–Crippen LogP) is 0.404. The lowest BCUT2D eigenvalue weighted by atomic mass is 9.95. The van der Waals surface area contributed by atoms with Crippen molar-refractivity contribution >= 4 is 5.91 Å². The molecule has 1 aromatic carbocycles. The van der Waals surface area contributed by atoms with Crippen LogP contribution in [0.5, 0.6) is 0 Å². The number of benzene rings is 1. The van der Waals surface area contributed by atoms with E-state index in [2.05, 4.69) is 5.48 Å². The summed E-state index contributed by atoms with van der Waals surface area (Å²) in [6.07, 6.45) is 0. The molecule has 0 aliphatic carbocycles. The highest BCUT2D eigenvalue weighted by Gasteiger charge is 2.21. The Hall–Kier alpha value is -1.39. The second kappa shape index (κ2) is 3.77. The lowest BCUT2D eigenvalue weighted by Gasteiger charge is -2.10. The molecular weight excluding hydrogens is 180 g/mol. The summed E-state index contributed by atoms with van der Waals surface area (Å²) in [5.41, 5.74) is 9.62. The van der Waals surface area contributed by atoms with Crippen LogP contribution in [0.25, 0.3) is 0 Å². The first-order valence-electron chi connectivity index (χ1n) is 4.52. The summed E-state index contributed by atoms with van der Waals surface area (Å²) < 4.78 is 0. The van der Waals surface area contributed by atoms with Gasteiger partial charge in [-0.3, -0.25) is 4.79 Å². The number of nitrogens with two attached hydrogens (primary N) is 1. The van der Waals surface area contributed by atoms with Gasteiger partial charge in [-0.05, 0) is 11.6 Å². The topological polar surface area (TPSA) is 64.4 Å². The van der Waals surface area contributed by atoms with Gasteiger partial charge in [-0.1, -0.05) is 18.2 Å². The molecule has 2 rings (SSSR count). The van der Waals surface area contributed by atoms with Crippen LogP contribution >= 0.6 is 0 Å². The van der Waals surface area contributed by atoms with Gasteiger partial charge >= 0.3 is 0 Å². The molecule has 1 saturated heterocycles. The maximum Gasteiger partial charge on any atom is 0.248 e. The standard InChI is InChI=1S/C10H12N2O2/c11-10(13)9-4-2-1-3-8(9)7-5-12-14-6-7/h1-4,7,12H,5-6H2,(H2,11,13)/t7-/m1/s1. The van der Waals surface area contributed by atoms with Crippen molar-refractivity contribution in [1.29, 1.82) is 0 Å². The molecule has 1 aromatic rings. The highest BCUT2D eigenvalue weighted by molar-refractivity contribution is 5.94. The van der Waals surface area contributed by atoms with E-state index in [1.807, 2.05) is 18.2 Å². The maximum absolute atomic E-state index is 11.1. The van der Waals surface area contributed by atoms with Crippen LogP contribution in [0.1, 0.15) is 21.8 Å². The van der Waals surface area contributed by atoms with E-state index in [1.54, 1.807) is 6.07 Å². The van der Waals surface area contributed by atoms with Crippen molar-refractivity contribution in [3.8, 4) is 0 Å². The Bertz CT molecular complexity index is 346. The molecule has 1 aliphatic rings. The minimum absolute atomic E-state index is 0.221. The molecule has 74 valence electrons. The minimum Gasteiger partial charge on any atom is -0.366 e. The Morgan fingerprint density at radius 2 is 2.29 bits per heavy atom. The van der Waals surface area contributed by atoms with Gasteiger partial charge in [0, 0.05) is 18.0 Å². The zero-order valence-corrected chi connectivity index (χ0v) is 7.69. The lowest BCUT2D eigenvalue weighted by molar-refractivity contribution is 0.0990. The molecule has 14 heavy (non-hydrogen) atoms. The first-order valence-corrected chi connectivity index (χ1v) is 4.52. The lowest BCUT2D eigenvalue weighted by Crippen LogP contribution is -2.17. The number of hydroxylamine groups is 1. The van der Waals surface area contributed by atoms with Crippen molar-refractivity contribution in [3.05, 3.63) is 35.4 Å². The number of amides is 1. The van der Waals surface area contributed by atoms with Gasteiger partial charge in [0.1, 0.15) is 0 Å². The summed E-state index contributed by atoms with van der Waals surface area (Å²) in [6.45, 7) is 1.31. The van der Waals surface area contributed by atoms with Crippen LogP contribution in [0.15, 0.2) is 24.3 Å². The third-order valence-electron chi connectivity index (χ3n) is 2.38. The predicted molar refractivity (Wildman–Crippen MR) is 51.7 cm³/mol. The monoisotopic (exact) mass is 192 g/mol. The van der Waals surface area contributed by atoms with E-state index in [0.29, 0.717) is 12.2 Å². The molecule has 0 saturated carbocycles. The van der Waals surface area contributed by atoms with Crippen molar-refractivity contribution in [2.45, 2.75) is 5.92 Å². The summed E-state index contributed by atoms with van der Waals surface area (Å²) in [4.78, 5) is 16.2. The van der Waals surface area contributed by atoms with Crippen molar-refractivity contribution in [1.82, 2.24) is 5.48 Å². The Kier molecular flexibility index (Phi) is 2.47. The van der Waals surface area contributed by atoms with E-state index < -0.39 is 0 Å². The summed E-state index contributed by atoms with van der Waals surface area (Å²) in [6, 6.07) is 7.38. The molecule has 3 N–H and O–H groups in total. The fourth-order valence-corrected chi connectivity index (χ4v) is 1.66. The van der Waals surface area contributed by atoms with Crippen LogP contribution in [-0.2, 0) is 4.84 Å². The number of primary amides is 1. The molecule has 1 fully saturated rings. The Balaban J connectivity index is 2.35. The van der Waals surface area contributed by atoms with E-state index >= 15 is 0 Å². The van der Waals surface area contributed by atoms with Gasteiger partial charge < -0.3 is 10.6 Å². The number of hydrogen-bond donors (Lipinski definition) is 2. The Labute approximate surface area is 82.0 Å². The van der Waals surface area contributed by atoms with Crippen LogP contribution in [0, 0.1) is 0 Å². The van der Waals surface area contributed by atoms with Crippen LogP contribution in [0.3, 0.4) is 0 Å². The zero-order valence-electron chi connectivity index (χ0n) is 7.69. The van der Waals surface area contributed by atoms with Gasteiger partial charge in [0.25, 0.3) is 0 Å². The van der Waals surface area contributed by atoms with E-state index in [1.165, 1.54) is 0 Å². The minimum atomic E-state index is -0.382. The molecular formula is C10H12N2O2. The van der Waals surface area contributed by atoms with Gasteiger partial charge in [0.2, 0.25) is 5.91 Å². The van der Waals surface area contributed by atoms with E-state index in [-0.39, 0.29) is 11.8 Å². The van der Waals surface area contributed by atoms with Crippen molar-refractivity contribution < 1.29 is 9.63 Å². The summed E-state index contributed by atoms with van der Waals surface area (Å²) in [5.74, 6) is -0.161. The maximum atomic E-state index is 11.1. The number of carbonyl (C=O) groups is 1. The molecule has 0 radical (unpaired) electrons. The second-order valence-electron chi connectivity index (χ2n) is 3.31. The quantitative estimate of drug-likeness (QED) is 0.713. The van der Waals surface area contributed by atoms with Gasteiger partial charge in [-0.15, -0.1) is 0 Å². The molecule has 0 unspecified atom stereocenters. The molecule has 4 nitrogen and oxygen atoms in total. The van der Waals surface area contributed by atoms with Crippen LogP contribution in [-0.4, -0.2) is 19.1 Å². The largest absolute Gasteiger partial charge is 0.366 e. The molecule has 1 heterocycles. The Morgan fingerprint density at radius 3 is 2.93 bits per heavy atom. The van der Waals surface area contributed by atoms with E-state index in [4.69, 9.17) is 10.6 Å². The molecule has 1 atom stereocenters. The first kappa shape index (κ1) is 9.18. The molecule has 0 aromatic heterocycles. The van der Waals surface area contributed by atoms with Gasteiger partial charge in [0.15, 0.2) is 0 Å². The molecule has 1 aliphatic heterocycles. The molecule has 4 heteroatoms. The SMILES string of the molecule is NC(=O)c1ccccc1[C@@H]1CNOC1. The summed E-state index contributed by atoms with van der Waals surface area (Å²) in [5, 5.41) is 0. The zero-order chi connectivity index (χ0) is 9.97. The van der Waals surface area contributed by atoms with Gasteiger partial charge in [-0.25, -0.2) is 5.48 Å². The van der Waals surface area contributed by atoms with E-state index in [0.717, 1.165) is 12.1 Å². The summed E-state index contributed by atoms with van der Waals surface area (Å²) in [7, 11) is 0. The average Bonchev–Trinajstić information content (AvgIpc) is 2.70. The smallest absolute Gasteiger partial charge is 0.248 e. The number of hydrogen-bond acceptors (Lipinski definition) is 3. The Morgan fingerprint density at radius 1 is 1.50 bits per heavy atom. The normalized spacial score (nSPS) is 21.0. The number of rotatable bonds is 2. The van der Waals surface area contributed by atoms with Crippen molar-refractivity contribution in [2.75, 3.05) is 13.2 Å². The average molecular weight is 192 g/mol. The number of nitrogens with one attached hydrogen (secondary N) is 1. The first-order chi connectivity index (χ1) is 6.79. The van der Waals surface area contributed by atoms with Gasteiger partial charge in [0.05, 0.1) is 6.61 Å². The number of carbonyl (C=O) groups excluding carboxylic acids is 1. The van der Waals surface area contributed by atoms with E-state index in [9.17, 15) is 4.79 Å². The second-order valence-corrected chi connectivity index (χ2v) is 3.31. The summed E-state index contributed by atoms with van der Waals surface area (Å²) >= 11 is 0. The van der Waals surface area contributed by atoms with Crippen LogP contribution in [0.4, 0.5) is 0 Å². The molecule has 0 spiro atoms. The molecule has 0 bridgehead atoms. The van der Waals surface area contributed by atoms with Crippen LogP contribution in [0.2, 0.25) is 0 Å². The fourth-order valence-electron chi connectivity index (χ4n) is 1.66. The van der Waals surface area contributed by atoms with Crippen molar-refractivity contribution in [3.63, 3.8) is 0 Å².